The summed E-state index contributed by atoms with van der Waals surface area (Å²) in [6.07, 6.45) is 5.17. The highest BCUT2D eigenvalue weighted by atomic mass is 16.2. The van der Waals surface area contributed by atoms with Crippen LogP contribution in [0.5, 0.6) is 0 Å². The summed E-state index contributed by atoms with van der Waals surface area (Å²) >= 11 is 0. The molecule has 0 N–H and O–H groups in total. The topological polar surface area (TPSA) is 49.3 Å². The Labute approximate surface area is 159 Å². The minimum Gasteiger partial charge on any atom is -0.368 e. The van der Waals surface area contributed by atoms with E-state index in [0.29, 0.717) is 5.56 Å². The quantitative estimate of drug-likeness (QED) is 0.720. The fraction of sp³-hybridized carbons (Fsp3) is 0.227. The Morgan fingerprint density at radius 2 is 1.81 bits per heavy atom. The van der Waals surface area contributed by atoms with Crippen molar-refractivity contribution in [3.63, 3.8) is 0 Å². The Balaban J connectivity index is 1.41. The van der Waals surface area contributed by atoms with Gasteiger partial charge in [-0.05, 0) is 48.9 Å². The molecule has 1 fully saturated rings. The van der Waals surface area contributed by atoms with E-state index in [1.165, 1.54) is 11.3 Å². The Morgan fingerprint density at radius 3 is 2.48 bits per heavy atom. The van der Waals surface area contributed by atoms with Gasteiger partial charge < -0.3 is 9.80 Å². The molecule has 1 aliphatic rings. The lowest BCUT2D eigenvalue weighted by Gasteiger charge is -2.36. The van der Waals surface area contributed by atoms with Crippen LogP contribution in [0.2, 0.25) is 0 Å². The van der Waals surface area contributed by atoms with Crippen LogP contribution in [0, 0.1) is 6.92 Å². The molecule has 2 aromatic heterocycles. The van der Waals surface area contributed by atoms with E-state index in [0.717, 1.165) is 37.4 Å². The minimum atomic E-state index is 0.0455. The van der Waals surface area contributed by atoms with E-state index in [9.17, 15) is 4.79 Å². The number of carbonyl (C=O) groups is 1. The summed E-state index contributed by atoms with van der Waals surface area (Å²) < 4.78 is 0. The molecule has 0 radical (unpaired) electrons. The monoisotopic (exact) mass is 358 g/mol. The van der Waals surface area contributed by atoms with E-state index in [-0.39, 0.29) is 5.91 Å². The second-order valence-electron chi connectivity index (χ2n) is 6.79. The number of benzene rings is 1. The molecular formula is C22H22N4O. The maximum Gasteiger partial charge on any atom is 0.255 e. The van der Waals surface area contributed by atoms with Crippen molar-refractivity contribution >= 4 is 11.6 Å². The zero-order chi connectivity index (χ0) is 18.6. The van der Waals surface area contributed by atoms with Gasteiger partial charge in [0.1, 0.15) is 0 Å². The van der Waals surface area contributed by atoms with E-state index in [1.54, 1.807) is 18.6 Å². The summed E-state index contributed by atoms with van der Waals surface area (Å²) in [6, 6.07) is 16.1. The largest absolute Gasteiger partial charge is 0.368 e. The van der Waals surface area contributed by atoms with E-state index >= 15 is 0 Å². The maximum atomic E-state index is 12.8. The van der Waals surface area contributed by atoms with Crippen LogP contribution in [0.3, 0.4) is 0 Å². The Hall–Kier alpha value is -3.21. The van der Waals surface area contributed by atoms with E-state index in [1.807, 2.05) is 29.2 Å². The van der Waals surface area contributed by atoms with Gasteiger partial charge in [-0.1, -0.05) is 12.1 Å². The third-order valence-corrected chi connectivity index (χ3v) is 4.90. The fourth-order valence-corrected chi connectivity index (χ4v) is 3.38. The molecule has 27 heavy (non-hydrogen) atoms. The first-order chi connectivity index (χ1) is 13.2. The molecule has 3 heterocycles. The van der Waals surface area contributed by atoms with Crippen molar-refractivity contribution < 1.29 is 4.79 Å². The summed E-state index contributed by atoms with van der Waals surface area (Å²) in [6.45, 7) is 5.23. The number of hydrogen-bond donors (Lipinski definition) is 0. The van der Waals surface area contributed by atoms with Crippen LogP contribution in [0.4, 0.5) is 5.69 Å². The highest BCUT2D eigenvalue weighted by molar-refractivity contribution is 5.94. The number of aromatic nitrogens is 2. The van der Waals surface area contributed by atoms with Crippen molar-refractivity contribution in [3.05, 3.63) is 78.2 Å². The van der Waals surface area contributed by atoms with Gasteiger partial charge in [0, 0.05) is 56.0 Å². The summed E-state index contributed by atoms with van der Waals surface area (Å²) in [7, 11) is 0. The van der Waals surface area contributed by atoms with Crippen LogP contribution in [0.1, 0.15) is 15.9 Å². The van der Waals surface area contributed by atoms with Crippen molar-refractivity contribution in [1.82, 2.24) is 14.9 Å². The first-order valence-electron chi connectivity index (χ1n) is 9.18. The van der Waals surface area contributed by atoms with Crippen molar-refractivity contribution in [3.8, 4) is 11.3 Å². The number of nitrogens with zero attached hydrogens (tertiary/aromatic N) is 4. The predicted molar refractivity (Wildman–Crippen MR) is 107 cm³/mol. The van der Waals surface area contributed by atoms with Crippen LogP contribution in [-0.2, 0) is 0 Å². The molecule has 5 heteroatoms. The van der Waals surface area contributed by atoms with Gasteiger partial charge in [-0.25, -0.2) is 0 Å². The Morgan fingerprint density at radius 1 is 0.963 bits per heavy atom. The number of rotatable bonds is 3. The normalized spacial score (nSPS) is 14.3. The fourth-order valence-electron chi connectivity index (χ4n) is 3.38. The highest BCUT2D eigenvalue weighted by Crippen LogP contribution is 2.19. The van der Waals surface area contributed by atoms with Crippen molar-refractivity contribution in [2.45, 2.75) is 6.92 Å². The average Bonchev–Trinajstić information content (AvgIpc) is 2.74. The van der Waals surface area contributed by atoms with Gasteiger partial charge in [0.25, 0.3) is 5.91 Å². The molecule has 4 rings (SSSR count). The molecule has 1 aromatic carbocycles. The van der Waals surface area contributed by atoms with Crippen molar-refractivity contribution in [2.75, 3.05) is 31.1 Å². The van der Waals surface area contributed by atoms with Gasteiger partial charge in [-0.3, -0.25) is 14.8 Å². The predicted octanol–water partition coefficient (Wildman–Crippen LogP) is 3.41. The molecule has 0 bridgehead atoms. The van der Waals surface area contributed by atoms with Gasteiger partial charge in [-0.15, -0.1) is 0 Å². The van der Waals surface area contributed by atoms with Crippen molar-refractivity contribution in [1.29, 1.82) is 0 Å². The minimum absolute atomic E-state index is 0.0455. The number of amides is 1. The highest BCUT2D eigenvalue weighted by Gasteiger charge is 2.22. The van der Waals surface area contributed by atoms with Crippen LogP contribution < -0.4 is 4.90 Å². The lowest BCUT2D eigenvalue weighted by molar-refractivity contribution is 0.0746. The standard InChI is InChI=1S/C22H22N4O/c1-17-4-2-6-20(14-17)25-10-12-26(13-11-25)22(27)19-7-8-21(24-16-19)18-5-3-9-23-15-18/h2-9,14-16H,10-13H2,1H3. The molecule has 0 aliphatic carbocycles. The molecule has 0 spiro atoms. The van der Waals surface area contributed by atoms with E-state index < -0.39 is 0 Å². The molecule has 0 unspecified atom stereocenters. The van der Waals surface area contributed by atoms with Crippen LogP contribution in [0.15, 0.2) is 67.1 Å². The second kappa shape index (κ2) is 7.58. The van der Waals surface area contributed by atoms with Gasteiger partial charge in [0.05, 0.1) is 11.3 Å². The second-order valence-corrected chi connectivity index (χ2v) is 6.79. The van der Waals surface area contributed by atoms with Gasteiger partial charge in [0.15, 0.2) is 0 Å². The first-order valence-corrected chi connectivity index (χ1v) is 9.18. The van der Waals surface area contributed by atoms with Crippen LogP contribution >= 0.6 is 0 Å². The molecule has 1 saturated heterocycles. The van der Waals surface area contributed by atoms with Crippen molar-refractivity contribution in [2.24, 2.45) is 0 Å². The third kappa shape index (κ3) is 3.82. The summed E-state index contributed by atoms with van der Waals surface area (Å²) in [5.41, 5.74) is 4.88. The summed E-state index contributed by atoms with van der Waals surface area (Å²) in [4.78, 5) is 25.6. The molecule has 1 amide bonds. The molecule has 5 nitrogen and oxygen atoms in total. The smallest absolute Gasteiger partial charge is 0.255 e. The molecule has 1 aliphatic heterocycles. The Bertz CT molecular complexity index is 917. The molecule has 0 atom stereocenters. The zero-order valence-corrected chi connectivity index (χ0v) is 15.4. The van der Waals surface area contributed by atoms with Gasteiger partial charge >= 0.3 is 0 Å². The zero-order valence-electron chi connectivity index (χ0n) is 15.4. The Kier molecular flexibility index (Phi) is 4.83. The number of hydrogen-bond acceptors (Lipinski definition) is 4. The number of aryl methyl sites for hydroxylation is 1. The lowest BCUT2D eigenvalue weighted by Crippen LogP contribution is -2.48. The maximum absolute atomic E-state index is 12.8. The SMILES string of the molecule is Cc1cccc(N2CCN(C(=O)c3ccc(-c4cccnc4)nc3)CC2)c1. The molecular weight excluding hydrogens is 336 g/mol. The van der Waals surface area contributed by atoms with Crippen LogP contribution in [-0.4, -0.2) is 47.0 Å². The number of anilines is 1. The summed E-state index contributed by atoms with van der Waals surface area (Å²) in [5, 5.41) is 0. The number of carbonyl (C=O) groups excluding carboxylic acids is 1. The third-order valence-electron chi connectivity index (χ3n) is 4.90. The van der Waals surface area contributed by atoms with Gasteiger partial charge in [0.2, 0.25) is 0 Å². The number of piperazine rings is 1. The van der Waals surface area contributed by atoms with Gasteiger partial charge in [-0.2, -0.15) is 0 Å². The first kappa shape index (κ1) is 17.2. The van der Waals surface area contributed by atoms with Crippen LogP contribution in [0.25, 0.3) is 11.3 Å². The summed E-state index contributed by atoms with van der Waals surface area (Å²) in [5.74, 6) is 0.0455. The average molecular weight is 358 g/mol. The molecule has 136 valence electrons. The van der Waals surface area contributed by atoms with E-state index in [4.69, 9.17) is 0 Å². The molecule has 0 saturated carbocycles. The molecule has 3 aromatic rings. The van der Waals surface area contributed by atoms with E-state index in [2.05, 4.69) is 46.1 Å². The number of pyridine rings is 2. The lowest BCUT2D eigenvalue weighted by atomic mass is 10.1.